The maximum Gasteiger partial charge on any atom is 0.215 e. The van der Waals surface area contributed by atoms with E-state index in [1.165, 1.54) is 0 Å². The van der Waals surface area contributed by atoms with Gasteiger partial charge in [-0.3, -0.25) is 0 Å². The van der Waals surface area contributed by atoms with Gasteiger partial charge in [-0.05, 0) is 11.8 Å². The molecule has 5 heteroatoms. The Morgan fingerprint density at radius 3 is 2.44 bits per heavy atom. The third-order valence-electron chi connectivity index (χ3n) is 2.95. The van der Waals surface area contributed by atoms with Gasteiger partial charge in [-0.15, -0.1) is 0 Å². The van der Waals surface area contributed by atoms with E-state index in [2.05, 4.69) is 19.2 Å². The van der Waals surface area contributed by atoms with Crippen LogP contribution in [0.5, 0.6) is 0 Å². The van der Waals surface area contributed by atoms with Crippen molar-refractivity contribution in [2.45, 2.75) is 40.2 Å². The van der Waals surface area contributed by atoms with Crippen LogP contribution < -0.4 is 5.32 Å². The van der Waals surface area contributed by atoms with E-state index in [-0.39, 0.29) is 11.2 Å². The van der Waals surface area contributed by atoms with Crippen LogP contribution in [0.1, 0.15) is 34.1 Å². The summed E-state index contributed by atoms with van der Waals surface area (Å²) < 4.78 is 25.6. The molecule has 0 saturated carbocycles. The fourth-order valence-electron chi connectivity index (χ4n) is 1.91. The number of nitrogens with one attached hydrogen (secondary N) is 1. The molecule has 0 aromatic carbocycles. The Balaban J connectivity index is 2.46. The molecule has 0 unspecified atom stereocenters. The minimum Gasteiger partial charge on any atom is -0.313 e. The second-order valence-electron chi connectivity index (χ2n) is 5.67. The lowest BCUT2D eigenvalue weighted by atomic mass is 9.93. The van der Waals surface area contributed by atoms with Gasteiger partial charge in [0.1, 0.15) is 0 Å². The van der Waals surface area contributed by atoms with E-state index in [1.54, 1.807) is 4.31 Å². The van der Waals surface area contributed by atoms with Crippen LogP contribution in [0.3, 0.4) is 0 Å². The number of sulfonamides is 1. The molecule has 0 spiro atoms. The summed E-state index contributed by atoms with van der Waals surface area (Å²) >= 11 is 0. The summed E-state index contributed by atoms with van der Waals surface area (Å²) in [6, 6.07) is 0.338. The normalized spacial score (nSPS) is 21.8. The molecule has 1 saturated heterocycles. The first kappa shape index (κ1) is 13.9. The van der Waals surface area contributed by atoms with Crippen molar-refractivity contribution in [2.75, 3.05) is 25.4 Å². The molecule has 1 N–H and O–H groups in total. The standard InChI is InChI=1S/C11H24N2O2S/c1-10(2)12-6-8-16(14,15)13-7-5-11(3,4)9-13/h10,12H,5-9H2,1-4H3. The van der Waals surface area contributed by atoms with Gasteiger partial charge in [0.15, 0.2) is 0 Å². The number of hydrogen-bond donors (Lipinski definition) is 1. The zero-order chi connectivity index (χ0) is 12.4. The Bertz CT molecular complexity index is 323. The topological polar surface area (TPSA) is 49.4 Å². The molecule has 0 radical (unpaired) electrons. The molecule has 1 aliphatic rings. The van der Waals surface area contributed by atoms with Gasteiger partial charge < -0.3 is 5.32 Å². The second kappa shape index (κ2) is 5.02. The molecule has 4 nitrogen and oxygen atoms in total. The molecular weight excluding hydrogens is 224 g/mol. The van der Waals surface area contributed by atoms with Crippen LogP contribution in [-0.2, 0) is 10.0 Å². The molecule has 0 aliphatic carbocycles. The minimum absolute atomic E-state index is 0.137. The van der Waals surface area contributed by atoms with Crippen molar-refractivity contribution in [3.8, 4) is 0 Å². The molecule has 0 bridgehead atoms. The van der Waals surface area contributed by atoms with E-state index in [4.69, 9.17) is 0 Å². The van der Waals surface area contributed by atoms with Gasteiger partial charge in [0.2, 0.25) is 10.0 Å². The van der Waals surface area contributed by atoms with Crippen LogP contribution in [0.25, 0.3) is 0 Å². The maximum atomic E-state index is 12.0. The van der Waals surface area contributed by atoms with E-state index < -0.39 is 10.0 Å². The average Bonchev–Trinajstić information content (AvgIpc) is 2.45. The third kappa shape index (κ3) is 4.03. The molecule has 96 valence electrons. The van der Waals surface area contributed by atoms with Crippen LogP contribution in [0.15, 0.2) is 0 Å². The van der Waals surface area contributed by atoms with Crippen molar-refractivity contribution in [3.05, 3.63) is 0 Å². The molecule has 1 rings (SSSR count). The van der Waals surface area contributed by atoms with Gasteiger partial charge in [-0.25, -0.2) is 12.7 Å². The maximum absolute atomic E-state index is 12.0. The summed E-state index contributed by atoms with van der Waals surface area (Å²) in [7, 11) is -3.06. The molecule has 16 heavy (non-hydrogen) atoms. The lowest BCUT2D eigenvalue weighted by Crippen LogP contribution is -2.37. The van der Waals surface area contributed by atoms with Gasteiger partial charge in [0.05, 0.1) is 5.75 Å². The smallest absolute Gasteiger partial charge is 0.215 e. The van der Waals surface area contributed by atoms with E-state index in [0.29, 0.717) is 25.7 Å². The number of nitrogens with zero attached hydrogens (tertiary/aromatic N) is 1. The molecule has 1 aliphatic heterocycles. The van der Waals surface area contributed by atoms with Crippen LogP contribution in [0, 0.1) is 5.41 Å². The quantitative estimate of drug-likeness (QED) is 0.791. The van der Waals surface area contributed by atoms with Gasteiger partial charge in [-0.1, -0.05) is 27.7 Å². The van der Waals surface area contributed by atoms with E-state index in [9.17, 15) is 8.42 Å². The van der Waals surface area contributed by atoms with E-state index in [1.807, 2.05) is 13.8 Å². The molecule has 0 amide bonds. The third-order valence-corrected chi connectivity index (χ3v) is 4.77. The average molecular weight is 248 g/mol. The molecule has 0 aromatic heterocycles. The Labute approximate surface area is 99.5 Å². The Kier molecular flexibility index (Phi) is 4.37. The van der Waals surface area contributed by atoms with Crippen molar-refractivity contribution in [1.29, 1.82) is 0 Å². The Hall–Kier alpha value is -0.130. The molecule has 1 fully saturated rings. The summed E-state index contributed by atoms with van der Waals surface area (Å²) in [6.07, 6.45) is 0.962. The first-order valence-corrected chi connectivity index (χ1v) is 7.55. The van der Waals surface area contributed by atoms with Gasteiger partial charge >= 0.3 is 0 Å². The fourth-order valence-corrected chi connectivity index (χ4v) is 3.46. The van der Waals surface area contributed by atoms with E-state index in [0.717, 1.165) is 6.42 Å². The highest BCUT2D eigenvalue weighted by Crippen LogP contribution is 2.30. The fraction of sp³-hybridized carbons (Fsp3) is 1.00. The van der Waals surface area contributed by atoms with Gasteiger partial charge in [0.25, 0.3) is 0 Å². The van der Waals surface area contributed by atoms with Crippen molar-refractivity contribution < 1.29 is 8.42 Å². The predicted octanol–water partition coefficient (Wildman–Crippen LogP) is 1.05. The van der Waals surface area contributed by atoms with Gasteiger partial charge in [-0.2, -0.15) is 0 Å². The molecule has 0 aromatic rings. The Morgan fingerprint density at radius 1 is 1.38 bits per heavy atom. The summed E-state index contributed by atoms with van der Waals surface area (Å²) in [5.41, 5.74) is 0.137. The first-order chi connectivity index (χ1) is 7.23. The highest BCUT2D eigenvalue weighted by molar-refractivity contribution is 7.89. The Morgan fingerprint density at radius 2 is 2.00 bits per heavy atom. The van der Waals surface area contributed by atoms with Crippen LogP contribution in [-0.4, -0.2) is 44.2 Å². The zero-order valence-electron chi connectivity index (χ0n) is 10.8. The SMILES string of the molecule is CC(C)NCCS(=O)(=O)N1CCC(C)(C)C1. The largest absolute Gasteiger partial charge is 0.313 e. The molecule has 0 atom stereocenters. The molecular formula is C11H24N2O2S. The van der Waals surface area contributed by atoms with Crippen molar-refractivity contribution in [2.24, 2.45) is 5.41 Å². The van der Waals surface area contributed by atoms with Crippen molar-refractivity contribution in [1.82, 2.24) is 9.62 Å². The van der Waals surface area contributed by atoms with Gasteiger partial charge in [0, 0.05) is 25.7 Å². The molecule has 1 heterocycles. The monoisotopic (exact) mass is 248 g/mol. The van der Waals surface area contributed by atoms with Crippen molar-refractivity contribution >= 4 is 10.0 Å². The first-order valence-electron chi connectivity index (χ1n) is 5.94. The highest BCUT2D eigenvalue weighted by Gasteiger charge is 2.35. The van der Waals surface area contributed by atoms with Crippen LogP contribution in [0.4, 0.5) is 0 Å². The second-order valence-corrected chi connectivity index (χ2v) is 7.76. The van der Waals surface area contributed by atoms with Crippen molar-refractivity contribution in [3.63, 3.8) is 0 Å². The van der Waals surface area contributed by atoms with E-state index >= 15 is 0 Å². The lowest BCUT2D eigenvalue weighted by molar-refractivity contribution is 0.375. The lowest BCUT2D eigenvalue weighted by Gasteiger charge is -2.20. The summed E-state index contributed by atoms with van der Waals surface area (Å²) in [4.78, 5) is 0. The summed E-state index contributed by atoms with van der Waals surface area (Å²) in [6.45, 7) is 10.2. The van der Waals surface area contributed by atoms with Crippen LogP contribution in [0.2, 0.25) is 0 Å². The summed E-state index contributed by atoms with van der Waals surface area (Å²) in [5.74, 6) is 0.210. The zero-order valence-corrected chi connectivity index (χ0v) is 11.6. The highest BCUT2D eigenvalue weighted by atomic mass is 32.2. The number of rotatable bonds is 5. The van der Waals surface area contributed by atoms with Crippen LogP contribution >= 0.6 is 0 Å². The summed E-state index contributed by atoms with van der Waals surface area (Å²) in [5, 5.41) is 3.14. The minimum atomic E-state index is -3.06. The predicted molar refractivity (Wildman–Crippen MR) is 66.9 cm³/mol. The number of hydrogen-bond acceptors (Lipinski definition) is 3.